The summed E-state index contributed by atoms with van der Waals surface area (Å²) in [4.78, 5) is 131. The lowest BCUT2D eigenvalue weighted by Gasteiger charge is -2.32. The highest BCUT2D eigenvalue weighted by molar-refractivity contribution is 5.97. The van der Waals surface area contributed by atoms with Crippen molar-refractivity contribution in [2.75, 3.05) is 13.2 Å². The van der Waals surface area contributed by atoms with Crippen molar-refractivity contribution in [2.45, 2.75) is 59.4 Å². The molecule has 0 N–H and O–H groups in total. The van der Waals surface area contributed by atoms with Gasteiger partial charge in [0.25, 0.3) is 0 Å². The maximum absolute atomic E-state index is 14.4. The van der Waals surface area contributed by atoms with Crippen molar-refractivity contribution in [3.63, 3.8) is 0 Å². The zero-order chi connectivity index (χ0) is 50.9. The molecule has 0 saturated heterocycles. The van der Waals surface area contributed by atoms with Crippen LogP contribution < -0.4 is 18.9 Å². The van der Waals surface area contributed by atoms with Gasteiger partial charge in [0.1, 0.15) is 64.2 Å². The Morgan fingerprint density at radius 2 is 0.643 bits per heavy atom. The van der Waals surface area contributed by atoms with E-state index in [-0.39, 0.29) is 63.0 Å². The van der Waals surface area contributed by atoms with E-state index >= 15 is 0 Å². The van der Waals surface area contributed by atoms with E-state index < -0.39 is 90.8 Å². The van der Waals surface area contributed by atoms with Crippen molar-refractivity contribution < 1.29 is 90.6 Å². The van der Waals surface area contributed by atoms with Crippen molar-refractivity contribution >= 4 is 59.5 Å². The van der Waals surface area contributed by atoms with Crippen molar-refractivity contribution in [2.24, 2.45) is 0 Å². The molecule has 5 aromatic carbocycles. The summed E-state index contributed by atoms with van der Waals surface area (Å²) in [6.07, 6.45) is -6.57. The van der Waals surface area contributed by atoms with Crippen molar-refractivity contribution in [1.82, 2.24) is 0 Å². The van der Waals surface area contributed by atoms with Crippen molar-refractivity contribution in [3.8, 4) is 23.0 Å². The number of rotatable bonds is 20. The van der Waals surface area contributed by atoms with Crippen LogP contribution >= 0.6 is 0 Å². The SMILES string of the molecule is CC(=O)Cc1ccccc1C(=O)OCC(OC(=O)c1ccccc1OC(C)=O)C(OC(=O)c1ccccc1OC(C)=O)C(COC(=O)c1ccccc1OC(C)=O)OC(=O)c1ccccc1OC(C)=O. The number of hydrogen-bond acceptors (Lipinski definition) is 19. The maximum atomic E-state index is 14.4. The summed E-state index contributed by atoms with van der Waals surface area (Å²) in [6, 6.07) is 27.2. The minimum absolute atomic E-state index is 0.0859. The van der Waals surface area contributed by atoms with E-state index in [4.69, 9.17) is 42.6 Å². The molecule has 0 spiro atoms. The Morgan fingerprint density at radius 3 is 0.986 bits per heavy atom. The summed E-state index contributed by atoms with van der Waals surface area (Å²) in [5, 5.41) is 0. The number of esters is 9. The van der Waals surface area contributed by atoms with E-state index in [9.17, 15) is 47.9 Å². The van der Waals surface area contributed by atoms with Crippen LogP contribution in [0.1, 0.15) is 92.0 Å². The first kappa shape index (κ1) is 52.0. The van der Waals surface area contributed by atoms with E-state index in [1.807, 2.05) is 0 Å². The molecule has 0 saturated carbocycles. The number of ketones is 1. The van der Waals surface area contributed by atoms with Crippen LogP contribution in [0.5, 0.6) is 23.0 Å². The maximum Gasteiger partial charge on any atom is 0.342 e. The third-order valence-corrected chi connectivity index (χ3v) is 9.37. The van der Waals surface area contributed by atoms with Gasteiger partial charge in [-0.3, -0.25) is 24.0 Å². The molecule has 0 aliphatic rings. The van der Waals surface area contributed by atoms with Gasteiger partial charge in [0.2, 0.25) is 0 Å². The molecule has 19 heteroatoms. The summed E-state index contributed by atoms with van der Waals surface area (Å²) < 4.78 is 50.2. The first-order valence-electron chi connectivity index (χ1n) is 21.1. The molecule has 3 atom stereocenters. The Bertz CT molecular complexity index is 2660. The van der Waals surface area contributed by atoms with E-state index in [1.54, 1.807) is 6.07 Å². The molecule has 3 unspecified atom stereocenters. The second-order valence-electron chi connectivity index (χ2n) is 14.8. The molecular formula is C51H44O19. The van der Waals surface area contributed by atoms with Gasteiger partial charge < -0.3 is 42.6 Å². The first-order valence-corrected chi connectivity index (χ1v) is 21.1. The monoisotopic (exact) mass is 960 g/mol. The minimum Gasteiger partial charge on any atom is -0.458 e. The minimum atomic E-state index is -2.20. The number of Topliss-reactive ketones (excluding diaryl/α,β-unsaturated/α-hetero) is 1. The molecule has 70 heavy (non-hydrogen) atoms. The Kier molecular flexibility index (Phi) is 18.3. The molecular weight excluding hydrogens is 917 g/mol. The molecule has 5 rings (SSSR count). The fourth-order valence-electron chi connectivity index (χ4n) is 6.50. The second-order valence-corrected chi connectivity index (χ2v) is 14.8. The van der Waals surface area contributed by atoms with E-state index in [2.05, 4.69) is 0 Å². The van der Waals surface area contributed by atoms with Crippen LogP contribution in [0.2, 0.25) is 0 Å². The van der Waals surface area contributed by atoms with Crippen LogP contribution in [-0.4, -0.2) is 91.0 Å². The third-order valence-electron chi connectivity index (χ3n) is 9.37. The molecule has 0 bridgehead atoms. The van der Waals surface area contributed by atoms with Gasteiger partial charge in [0.15, 0.2) is 18.3 Å². The molecule has 0 aliphatic carbocycles. The predicted octanol–water partition coefficient (Wildman–Crippen LogP) is 6.21. The van der Waals surface area contributed by atoms with Gasteiger partial charge in [0, 0.05) is 34.1 Å². The Balaban J connectivity index is 1.71. The normalized spacial score (nSPS) is 11.8. The van der Waals surface area contributed by atoms with Gasteiger partial charge in [-0.05, 0) is 67.1 Å². The fraction of sp³-hybridized carbons (Fsp3) is 0.216. The lowest BCUT2D eigenvalue weighted by atomic mass is 10.0. The van der Waals surface area contributed by atoms with Gasteiger partial charge in [-0.1, -0.05) is 66.7 Å². The van der Waals surface area contributed by atoms with Gasteiger partial charge in [-0.15, -0.1) is 0 Å². The largest absolute Gasteiger partial charge is 0.458 e. The lowest BCUT2D eigenvalue weighted by molar-refractivity contribution is -0.133. The lowest BCUT2D eigenvalue weighted by Crippen LogP contribution is -2.50. The summed E-state index contributed by atoms with van der Waals surface area (Å²) in [6.45, 7) is 3.48. The molecule has 0 heterocycles. The van der Waals surface area contributed by atoms with Gasteiger partial charge in [-0.2, -0.15) is 0 Å². The summed E-state index contributed by atoms with van der Waals surface area (Å²) in [7, 11) is 0. The Hall–Kier alpha value is -9.00. The van der Waals surface area contributed by atoms with Crippen LogP contribution in [0.3, 0.4) is 0 Å². The quantitative estimate of drug-likeness (QED) is 0.0477. The summed E-state index contributed by atoms with van der Waals surface area (Å²) in [5.74, 6) is -10.9. The standard InChI is InChI=1S/C51H44O19/c1-29(52)26-34-16-6-7-17-35(34)47(57)62-27-44(68-49(59)37-19-9-13-23-41(37)65-31(3)54)46(70-51(61)39-21-11-15-25-43(39)67-33(5)56)45(69-50(60)38-20-10-14-24-42(38)66-32(4)55)28-63-48(58)36-18-8-12-22-40(36)64-30(2)53/h6-25,44-46H,26-28H2,1-5H3. The van der Waals surface area contributed by atoms with Crippen LogP contribution in [0.25, 0.3) is 0 Å². The van der Waals surface area contributed by atoms with Crippen LogP contribution in [0.4, 0.5) is 0 Å². The molecule has 19 nitrogen and oxygen atoms in total. The first-order chi connectivity index (χ1) is 33.4. The number of ether oxygens (including phenoxy) is 9. The molecule has 0 fully saturated rings. The zero-order valence-electron chi connectivity index (χ0n) is 38.2. The number of carbonyl (C=O) groups is 10. The summed E-state index contributed by atoms with van der Waals surface area (Å²) in [5.41, 5.74) is -1.28. The molecule has 0 aromatic heterocycles. The summed E-state index contributed by atoms with van der Waals surface area (Å²) >= 11 is 0. The zero-order valence-corrected chi connectivity index (χ0v) is 38.2. The average molecular weight is 961 g/mol. The van der Waals surface area contributed by atoms with Crippen LogP contribution in [0, 0.1) is 0 Å². The Labute approximate surface area is 399 Å². The number of carbonyl (C=O) groups excluding carboxylic acids is 10. The molecule has 0 amide bonds. The molecule has 362 valence electrons. The van der Waals surface area contributed by atoms with Crippen LogP contribution in [-0.2, 0) is 54.1 Å². The van der Waals surface area contributed by atoms with Gasteiger partial charge in [-0.25, -0.2) is 24.0 Å². The highest BCUT2D eigenvalue weighted by atomic mass is 16.6. The predicted molar refractivity (Wildman–Crippen MR) is 240 cm³/mol. The van der Waals surface area contributed by atoms with E-state index in [0.717, 1.165) is 27.7 Å². The topological polar surface area (TPSA) is 254 Å². The van der Waals surface area contributed by atoms with E-state index in [1.165, 1.54) is 122 Å². The van der Waals surface area contributed by atoms with Gasteiger partial charge in [0.05, 0.1) is 5.56 Å². The smallest absolute Gasteiger partial charge is 0.342 e. The van der Waals surface area contributed by atoms with Crippen LogP contribution in [0.15, 0.2) is 121 Å². The number of para-hydroxylation sites is 4. The van der Waals surface area contributed by atoms with Crippen molar-refractivity contribution in [3.05, 3.63) is 155 Å². The molecule has 0 radical (unpaired) electrons. The highest BCUT2D eigenvalue weighted by Gasteiger charge is 2.42. The molecule has 0 aliphatic heterocycles. The fourth-order valence-corrected chi connectivity index (χ4v) is 6.50. The van der Waals surface area contributed by atoms with Gasteiger partial charge >= 0.3 is 53.7 Å². The molecule has 5 aromatic rings. The average Bonchev–Trinajstić information content (AvgIpc) is 3.30. The highest BCUT2D eigenvalue weighted by Crippen LogP contribution is 2.28. The number of benzene rings is 5. The van der Waals surface area contributed by atoms with Crippen molar-refractivity contribution in [1.29, 1.82) is 0 Å². The second kappa shape index (κ2) is 24.7. The number of hydrogen-bond donors (Lipinski definition) is 0. The Morgan fingerprint density at radius 1 is 0.357 bits per heavy atom. The third kappa shape index (κ3) is 14.8. The van der Waals surface area contributed by atoms with E-state index in [0.29, 0.717) is 0 Å².